The average molecular weight is 353 g/mol. The van der Waals surface area contributed by atoms with Gasteiger partial charge >= 0.3 is 0 Å². The number of carbonyl (C=O) groups excluding carboxylic acids is 1. The number of hydrazone groups is 1. The molecule has 2 aromatic carbocycles. The van der Waals surface area contributed by atoms with E-state index in [-0.39, 0.29) is 5.69 Å². The summed E-state index contributed by atoms with van der Waals surface area (Å²) >= 11 is 0. The van der Waals surface area contributed by atoms with E-state index < -0.39 is 16.9 Å². The van der Waals surface area contributed by atoms with Crippen molar-refractivity contribution in [2.75, 3.05) is 0 Å². The molecule has 1 N–H and O–H groups in total. The number of benzene rings is 2. The topological polar surface area (TPSA) is 93.8 Å². The van der Waals surface area contributed by atoms with E-state index in [0.29, 0.717) is 5.75 Å². The lowest BCUT2D eigenvalue weighted by molar-refractivity contribution is -0.384. The van der Waals surface area contributed by atoms with Gasteiger partial charge in [-0.2, -0.15) is 5.10 Å². The number of amides is 1. The van der Waals surface area contributed by atoms with Crippen LogP contribution in [0.4, 0.5) is 5.69 Å². The van der Waals surface area contributed by atoms with Crippen molar-refractivity contribution in [3.63, 3.8) is 0 Å². The van der Waals surface area contributed by atoms with Crippen molar-refractivity contribution >= 4 is 23.9 Å². The summed E-state index contributed by atoms with van der Waals surface area (Å²) in [6, 6.07) is 15.3. The highest BCUT2D eigenvalue weighted by Crippen LogP contribution is 2.18. The molecule has 7 heteroatoms. The molecule has 0 saturated heterocycles. The van der Waals surface area contributed by atoms with E-state index in [1.54, 1.807) is 13.1 Å². The molecule has 26 heavy (non-hydrogen) atoms. The van der Waals surface area contributed by atoms with Gasteiger partial charge < -0.3 is 4.74 Å². The molecule has 0 radical (unpaired) electrons. The molecule has 0 saturated carbocycles. The fourth-order valence-electron chi connectivity index (χ4n) is 2.04. The molecule has 0 spiro atoms. The minimum atomic E-state index is -0.799. The van der Waals surface area contributed by atoms with Crippen LogP contribution < -0.4 is 10.2 Å². The van der Waals surface area contributed by atoms with Gasteiger partial charge in [0.15, 0.2) is 6.10 Å². The van der Waals surface area contributed by atoms with Crippen molar-refractivity contribution in [2.45, 2.75) is 20.0 Å². The lowest BCUT2D eigenvalue weighted by Gasteiger charge is -2.12. The molecule has 1 unspecified atom stereocenters. The van der Waals surface area contributed by atoms with E-state index in [4.69, 9.17) is 4.74 Å². The molecule has 0 aliphatic rings. The van der Waals surface area contributed by atoms with E-state index in [2.05, 4.69) is 10.5 Å². The number of non-ortho nitro benzene ring substituents is 1. The summed E-state index contributed by atoms with van der Waals surface area (Å²) < 4.78 is 5.44. The minimum absolute atomic E-state index is 0.0419. The van der Waals surface area contributed by atoms with Crippen LogP contribution in [0.3, 0.4) is 0 Å². The second-order valence-corrected chi connectivity index (χ2v) is 5.54. The summed E-state index contributed by atoms with van der Waals surface area (Å²) in [5.41, 5.74) is 4.28. The lowest BCUT2D eigenvalue weighted by Crippen LogP contribution is -2.33. The van der Waals surface area contributed by atoms with Crippen LogP contribution in [0.2, 0.25) is 0 Å². The summed E-state index contributed by atoms with van der Waals surface area (Å²) in [7, 11) is 0. The molecule has 7 nitrogen and oxygen atoms in total. The van der Waals surface area contributed by atoms with E-state index in [9.17, 15) is 14.9 Å². The minimum Gasteiger partial charge on any atom is -0.481 e. The molecule has 2 aromatic rings. The number of nitrogens with one attached hydrogen (secondary N) is 1. The third-order valence-electron chi connectivity index (χ3n) is 3.37. The fourth-order valence-corrected chi connectivity index (χ4v) is 2.04. The van der Waals surface area contributed by atoms with Crippen LogP contribution >= 0.6 is 0 Å². The van der Waals surface area contributed by atoms with E-state index in [1.165, 1.54) is 24.3 Å². The Morgan fingerprint density at radius 3 is 2.46 bits per heavy atom. The van der Waals surface area contributed by atoms with Crippen LogP contribution in [0.25, 0.3) is 6.08 Å². The number of ether oxygens (including phenoxy) is 1. The third-order valence-corrected chi connectivity index (χ3v) is 3.37. The Bertz CT molecular complexity index is 814. The fraction of sp³-hybridized carbons (Fsp3) is 0.158. The van der Waals surface area contributed by atoms with E-state index in [1.807, 2.05) is 43.3 Å². The third kappa shape index (κ3) is 5.86. The summed E-state index contributed by atoms with van der Waals surface area (Å²) in [6.07, 6.45) is 2.68. The van der Waals surface area contributed by atoms with Crippen molar-refractivity contribution in [2.24, 2.45) is 5.10 Å². The number of hydrogen-bond acceptors (Lipinski definition) is 5. The van der Waals surface area contributed by atoms with Gasteiger partial charge in [-0.25, -0.2) is 5.43 Å². The molecule has 2 rings (SSSR count). The first-order valence-corrected chi connectivity index (χ1v) is 7.93. The second kappa shape index (κ2) is 9.12. The maximum Gasteiger partial charge on any atom is 0.280 e. The zero-order chi connectivity index (χ0) is 18.9. The van der Waals surface area contributed by atoms with Gasteiger partial charge in [0.25, 0.3) is 11.6 Å². The SMILES string of the molecule is CC(=C/c1ccccc1)/C=N/NC(=O)C(C)Oc1ccc([N+](=O)[O-])cc1. The molecule has 0 fully saturated rings. The maximum atomic E-state index is 12.0. The maximum absolute atomic E-state index is 12.0. The van der Waals surface area contributed by atoms with Crippen LogP contribution in [-0.2, 0) is 4.79 Å². The molecule has 1 amide bonds. The Kier molecular flexibility index (Phi) is 6.61. The Morgan fingerprint density at radius 1 is 1.19 bits per heavy atom. The predicted octanol–water partition coefficient (Wildman–Crippen LogP) is 3.57. The number of nitro groups is 1. The van der Waals surface area contributed by atoms with Gasteiger partial charge in [0.2, 0.25) is 0 Å². The average Bonchev–Trinajstić information content (AvgIpc) is 2.62. The van der Waals surface area contributed by atoms with E-state index >= 15 is 0 Å². The number of hydrogen-bond donors (Lipinski definition) is 1. The van der Waals surface area contributed by atoms with Gasteiger partial charge in [0, 0.05) is 12.1 Å². The Hall–Kier alpha value is -3.48. The van der Waals surface area contributed by atoms with Crippen molar-refractivity contribution in [3.05, 3.63) is 75.8 Å². The summed E-state index contributed by atoms with van der Waals surface area (Å²) in [4.78, 5) is 22.1. The molecule has 0 bridgehead atoms. The second-order valence-electron chi connectivity index (χ2n) is 5.54. The summed E-state index contributed by atoms with van der Waals surface area (Å²) in [5.74, 6) is -0.0607. The quantitative estimate of drug-likeness (QED) is 0.468. The van der Waals surface area contributed by atoms with Crippen LogP contribution in [0.1, 0.15) is 19.4 Å². The molecular weight excluding hydrogens is 334 g/mol. The summed E-state index contributed by atoms with van der Waals surface area (Å²) in [5, 5.41) is 14.5. The summed E-state index contributed by atoms with van der Waals surface area (Å²) in [6.45, 7) is 3.44. The van der Waals surface area contributed by atoms with Crippen molar-refractivity contribution in [3.8, 4) is 5.75 Å². The van der Waals surface area contributed by atoms with Crippen molar-refractivity contribution in [1.82, 2.24) is 5.43 Å². The number of carbonyl (C=O) groups is 1. The zero-order valence-corrected chi connectivity index (χ0v) is 14.5. The molecule has 0 heterocycles. The normalized spacial score (nSPS) is 12.6. The largest absolute Gasteiger partial charge is 0.481 e. The lowest BCUT2D eigenvalue weighted by atomic mass is 10.1. The van der Waals surface area contributed by atoms with Gasteiger partial charge in [-0.05, 0) is 37.1 Å². The number of rotatable bonds is 7. The Morgan fingerprint density at radius 2 is 1.85 bits per heavy atom. The standard InChI is InChI=1S/C19H19N3O4/c1-14(12-16-6-4-3-5-7-16)13-20-21-19(23)15(2)26-18-10-8-17(9-11-18)22(24)25/h3-13,15H,1-2H3,(H,21,23)/b14-12-,20-13+. The van der Waals surface area contributed by atoms with Gasteiger partial charge in [0.05, 0.1) is 11.1 Å². The molecule has 0 aliphatic heterocycles. The molecule has 0 aromatic heterocycles. The highest BCUT2D eigenvalue weighted by Gasteiger charge is 2.14. The Balaban J connectivity index is 1.86. The van der Waals surface area contributed by atoms with E-state index in [0.717, 1.165) is 11.1 Å². The molecular formula is C19H19N3O4. The van der Waals surface area contributed by atoms with Gasteiger partial charge in [-0.3, -0.25) is 14.9 Å². The Labute approximate surface area is 151 Å². The first kappa shape index (κ1) is 18.9. The predicted molar refractivity (Wildman–Crippen MR) is 99.9 cm³/mol. The van der Waals surface area contributed by atoms with Gasteiger partial charge in [0.1, 0.15) is 5.75 Å². The molecule has 1 atom stereocenters. The number of nitrogens with zero attached hydrogens (tertiary/aromatic N) is 2. The number of nitro benzene ring substituents is 1. The number of allylic oxidation sites excluding steroid dienone is 1. The monoisotopic (exact) mass is 353 g/mol. The van der Waals surface area contributed by atoms with Crippen LogP contribution in [0.5, 0.6) is 5.75 Å². The highest BCUT2D eigenvalue weighted by molar-refractivity contribution is 5.87. The first-order valence-electron chi connectivity index (χ1n) is 7.93. The zero-order valence-electron chi connectivity index (χ0n) is 14.5. The van der Waals surface area contributed by atoms with Gasteiger partial charge in [-0.15, -0.1) is 0 Å². The van der Waals surface area contributed by atoms with Crippen molar-refractivity contribution < 1.29 is 14.5 Å². The van der Waals surface area contributed by atoms with Gasteiger partial charge in [-0.1, -0.05) is 36.4 Å². The van der Waals surface area contributed by atoms with Crippen molar-refractivity contribution in [1.29, 1.82) is 0 Å². The molecule has 134 valence electrons. The smallest absolute Gasteiger partial charge is 0.280 e. The van der Waals surface area contributed by atoms with Crippen LogP contribution in [0.15, 0.2) is 65.3 Å². The van der Waals surface area contributed by atoms with Crippen LogP contribution in [-0.4, -0.2) is 23.1 Å². The highest BCUT2D eigenvalue weighted by atomic mass is 16.6. The van der Waals surface area contributed by atoms with Crippen LogP contribution in [0, 0.1) is 10.1 Å². The first-order chi connectivity index (χ1) is 12.5. The molecule has 0 aliphatic carbocycles.